The first kappa shape index (κ1) is 24.9. The Morgan fingerprint density at radius 3 is 2.90 bits per heavy atom. The summed E-state index contributed by atoms with van der Waals surface area (Å²) in [7, 11) is 1.63. The molecule has 10 nitrogen and oxygen atoms in total. The van der Waals surface area contributed by atoms with Crippen LogP contribution in [0.25, 0.3) is 0 Å². The Hall–Kier alpha value is -2.41. The number of para-hydroxylation sites is 1. The maximum atomic E-state index is 12.1. The maximum absolute atomic E-state index is 12.1. The number of aryl methyl sites for hydroxylation is 1. The van der Waals surface area contributed by atoms with Crippen molar-refractivity contribution in [3.05, 3.63) is 41.5 Å². The number of hydrogen-bond acceptors (Lipinski definition) is 6. The third-order valence-corrected chi connectivity index (χ3v) is 4.68. The fraction of sp³-hybridized carbons (Fsp3) is 0.500. The Labute approximate surface area is 198 Å². The second kappa shape index (κ2) is 12.4. The molecule has 170 valence electrons. The molecule has 1 aliphatic rings. The number of aliphatic imine (C=N–C) groups is 1. The van der Waals surface area contributed by atoms with E-state index in [-0.39, 0.29) is 47.2 Å². The summed E-state index contributed by atoms with van der Waals surface area (Å²) in [5.41, 5.74) is 0.255. The number of benzene rings is 1. The number of phenols is 1. The first-order chi connectivity index (χ1) is 14.6. The largest absolute Gasteiger partial charge is 0.507 e. The number of hydrogen-bond donors (Lipinski definition) is 4. The van der Waals surface area contributed by atoms with Crippen LogP contribution in [0.1, 0.15) is 35.4 Å². The number of aromatic hydroxyl groups is 1. The van der Waals surface area contributed by atoms with Gasteiger partial charge in [0.25, 0.3) is 5.91 Å². The highest BCUT2D eigenvalue weighted by Gasteiger charge is 2.22. The topological polar surface area (TPSA) is 126 Å². The lowest BCUT2D eigenvalue weighted by Gasteiger charge is -2.25. The zero-order valence-electron chi connectivity index (χ0n) is 17.8. The monoisotopic (exact) mass is 543 g/mol. The Balaban J connectivity index is 0.00000341. The molecule has 0 fully saturated rings. The molecule has 0 bridgehead atoms. The van der Waals surface area contributed by atoms with Gasteiger partial charge in [0.05, 0.1) is 18.7 Å². The molecule has 11 heteroatoms. The number of fused-ring (bicyclic) bond motifs is 1. The second-order valence-electron chi connectivity index (χ2n) is 6.97. The average Bonchev–Trinajstić information content (AvgIpc) is 3.13. The van der Waals surface area contributed by atoms with Crippen molar-refractivity contribution >= 4 is 35.8 Å². The number of carbonyl (C=O) groups excluding carboxylic acids is 1. The van der Waals surface area contributed by atoms with Crippen molar-refractivity contribution in [2.45, 2.75) is 39.0 Å². The van der Waals surface area contributed by atoms with Crippen molar-refractivity contribution < 1.29 is 14.6 Å². The van der Waals surface area contributed by atoms with Gasteiger partial charge in [0.1, 0.15) is 18.2 Å². The number of guanidine groups is 1. The van der Waals surface area contributed by atoms with Crippen molar-refractivity contribution in [2.24, 2.45) is 4.99 Å². The molecule has 1 amide bonds. The summed E-state index contributed by atoms with van der Waals surface area (Å²) < 4.78 is 7.03. The zero-order chi connectivity index (χ0) is 21.3. The lowest BCUT2D eigenvalue weighted by molar-refractivity contribution is 0.0952. The molecule has 31 heavy (non-hydrogen) atoms. The van der Waals surface area contributed by atoms with Gasteiger partial charge in [-0.05, 0) is 25.5 Å². The summed E-state index contributed by atoms with van der Waals surface area (Å²) in [6.45, 7) is 4.63. The summed E-state index contributed by atoms with van der Waals surface area (Å²) in [5.74, 6) is 2.02. The number of halogens is 1. The number of ether oxygens (including phenoxy) is 1. The van der Waals surface area contributed by atoms with E-state index in [2.05, 4.69) is 31.0 Å². The molecule has 0 spiro atoms. The first-order valence-electron chi connectivity index (χ1n) is 10.1. The fourth-order valence-electron chi connectivity index (χ4n) is 3.28. The quantitative estimate of drug-likeness (QED) is 0.170. The van der Waals surface area contributed by atoms with Gasteiger partial charge < -0.3 is 25.8 Å². The summed E-state index contributed by atoms with van der Waals surface area (Å²) in [6, 6.07) is 6.64. The highest BCUT2D eigenvalue weighted by Crippen LogP contribution is 2.15. The molecule has 1 aromatic heterocycles. The summed E-state index contributed by atoms with van der Waals surface area (Å²) >= 11 is 0. The molecular formula is C20H30IN7O3. The predicted molar refractivity (Wildman–Crippen MR) is 128 cm³/mol. The zero-order valence-corrected chi connectivity index (χ0v) is 20.1. The van der Waals surface area contributed by atoms with E-state index in [0.29, 0.717) is 38.0 Å². The molecule has 0 saturated carbocycles. The van der Waals surface area contributed by atoms with Gasteiger partial charge in [0.2, 0.25) is 0 Å². The molecule has 4 N–H and O–H groups in total. The second-order valence-corrected chi connectivity index (χ2v) is 6.97. The molecule has 2 heterocycles. The molecule has 1 aliphatic heterocycles. The number of aromatic nitrogens is 3. The van der Waals surface area contributed by atoms with Crippen LogP contribution in [0.2, 0.25) is 0 Å². The minimum absolute atomic E-state index is 0. The molecule has 0 radical (unpaired) electrons. The molecular weight excluding hydrogens is 513 g/mol. The van der Waals surface area contributed by atoms with Crippen LogP contribution in [0.15, 0.2) is 29.3 Å². The fourth-order valence-corrected chi connectivity index (χ4v) is 3.28. The normalized spacial score (nSPS) is 15.5. The smallest absolute Gasteiger partial charge is 0.255 e. The maximum Gasteiger partial charge on any atom is 0.255 e. The lowest BCUT2D eigenvalue weighted by Crippen LogP contribution is -2.47. The number of methoxy groups -OCH3 is 1. The standard InChI is InChI=1S/C20H29N7O3.HI/c1-3-21-20(23-11-10-22-19(29)15-6-4-5-7-16(15)28)24-14-8-9-18-25-17(13-30-2)26-27(18)12-14;/h4-7,14,28H,3,8-13H2,1-2H3,(H,22,29)(H2,21,23,24);1H. The highest BCUT2D eigenvalue weighted by atomic mass is 127. The van der Waals surface area contributed by atoms with Gasteiger partial charge >= 0.3 is 0 Å². The van der Waals surface area contributed by atoms with Gasteiger partial charge in [-0.2, -0.15) is 5.10 Å². The van der Waals surface area contributed by atoms with Gasteiger partial charge in [-0.1, -0.05) is 12.1 Å². The highest BCUT2D eigenvalue weighted by molar-refractivity contribution is 14.0. The van der Waals surface area contributed by atoms with Crippen LogP contribution in [0.4, 0.5) is 0 Å². The Bertz CT molecular complexity index is 887. The molecule has 1 unspecified atom stereocenters. The van der Waals surface area contributed by atoms with E-state index in [1.807, 2.05) is 11.6 Å². The van der Waals surface area contributed by atoms with Crippen LogP contribution in [-0.2, 0) is 24.3 Å². The number of rotatable bonds is 8. The van der Waals surface area contributed by atoms with Gasteiger partial charge in [-0.15, -0.1) is 24.0 Å². The number of nitrogens with zero attached hydrogens (tertiary/aromatic N) is 4. The van der Waals surface area contributed by atoms with Crippen LogP contribution in [-0.4, -0.2) is 64.5 Å². The van der Waals surface area contributed by atoms with E-state index in [0.717, 1.165) is 25.2 Å². The van der Waals surface area contributed by atoms with Gasteiger partial charge in [0.15, 0.2) is 11.8 Å². The summed E-state index contributed by atoms with van der Waals surface area (Å²) in [5, 5.41) is 23.7. The number of amides is 1. The van der Waals surface area contributed by atoms with Crippen molar-refractivity contribution in [1.82, 2.24) is 30.7 Å². The van der Waals surface area contributed by atoms with E-state index in [1.54, 1.807) is 25.3 Å². The third-order valence-electron chi connectivity index (χ3n) is 4.68. The molecule has 3 rings (SSSR count). The minimum atomic E-state index is -0.320. The van der Waals surface area contributed by atoms with Crippen molar-refractivity contribution in [2.75, 3.05) is 26.7 Å². The third kappa shape index (κ3) is 7.06. The van der Waals surface area contributed by atoms with Crippen LogP contribution in [0.3, 0.4) is 0 Å². The van der Waals surface area contributed by atoms with Crippen molar-refractivity contribution in [1.29, 1.82) is 0 Å². The van der Waals surface area contributed by atoms with Crippen LogP contribution >= 0.6 is 24.0 Å². The number of nitrogens with one attached hydrogen (secondary N) is 3. The molecule has 1 atom stereocenters. The SMILES string of the molecule is CCNC(=NCCNC(=O)c1ccccc1O)NC1CCc2nc(COC)nn2C1.I. The van der Waals surface area contributed by atoms with Crippen LogP contribution < -0.4 is 16.0 Å². The number of phenolic OH excluding ortho intramolecular Hbond substituents is 1. The first-order valence-corrected chi connectivity index (χ1v) is 10.1. The Morgan fingerprint density at radius 1 is 1.35 bits per heavy atom. The van der Waals surface area contributed by atoms with Crippen molar-refractivity contribution in [3.8, 4) is 5.75 Å². The Kier molecular flexibility index (Phi) is 9.98. The minimum Gasteiger partial charge on any atom is -0.507 e. The molecule has 1 aromatic carbocycles. The van der Waals surface area contributed by atoms with Gasteiger partial charge in [0, 0.05) is 32.7 Å². The average molecular weight is 543 g/mol. The van der Waals surface area contributed by atoms with E-state index >= 15 is 0 Å². The van der Waals surface area contributed by atoms with Gasteiger partial charge in [-0.3, -0.25) is 9.79 Å². The lowest BCUT2D eigenvalue weighted by atomic mass is 10.1. The van der Waals surface area contributed by atoms with Crippen LogP contribution in [0.5, 0.6) is 5.75 Å². The number of carbonyl (C=O) groups is 1. The molecule has 2 aromatic rings. The van der Waals surface area contributed by atoms with Crippen LogP contribution in [0, 0.1) is 0 Å². The Morgan fingerprint density at radius 2 is 2.16 bits per heavy atom. The molecule has 0 saturated heterocycles. The van der Waals surface area contributed by atoms with Gasteiger partial charge in [-0.25, -0.2) is 9.67 Å². The summed E-state index contributed by atoms with van der Waals surface area (Å²) in [6.07, 6.45) is 1.77. The van der Waals surface area contributed by atoms with E-state index < -0.39 is 0 Å². The van der Waals surface area contributed by atoms with E-state index in [1.165, 1.54) is 6.07 Å². The molecule has 0 aliphatic carbocycles. The predicted octanol–water partition coefficient (Wildman–Crippen LogP) is 1.05. The summed E-state index contributed by atoms with van der Waals surface area (Å²) in [4.78, 5) is 21.2. The van der Waals surface area contributed by atoms with Crippen molar-refractivity contribution in [3.63, 3.8) is 0 Å². The van der Waals surface area contributed by atoms with E-state index in [9.17, 15) is 9.90 Å². The van der Waals surface area contributed by atoms with E-state index in [4.69, 9.17) is 4.74 Å².